The third kappa shape index (κ3) is 2.35. The number of aryl methyl sites for hydroxylation is 2. The number of nitrogens with zero attached hydrogens (tertiary/aromatic N) is 3. The summed E-state index contributed by atoms with van der Waals surface area (Å²) in [6.07, 6.45) is 1.62. The zero-order valence-corrected chi connectivity index (χ0v) is 14.0. The minimum absolute atomic E-state index is 0.0279. The van der Waals surface area contributed by atoms with Crippen molar-refractivity contribution in [3.63, 3.8) is 0 Å². The second-order valence-corrected chi connectivity index (χ2v) is 6.89. The van der Waals surface area contributed by atoms with Gasteiger partial charge in [-0.25, -0.2) is 15.0 Å². The lowest BCUT2D eigenvalue weighted by molar-refractivity contribution is 0.810. The van der Waals surface area contributed by atoms with E-state index in [2.05, 4.69) is 46.0 Å². The molecule has 3 heterocycles. The van der Waals surface area contributed by atoms with Crippen LogP contribution in [0.25, 0.3) is 21.3 Å². The van der Waals surface area contributed by atoms with Crippen LogP contribution in [-0.4, -0.2) is 19.9 Å². The molecule has 1 aromatic carbocycles. The number of aromatic nitrogens is 4. The number of para-hydroxylation sites is 2. The Bertz CT molecular complexity index is 968. The molecule has 0 aliphatic rings. The van der Waals surface area contributed by atoms with Gasteiger partial charge in [-0.2, -0.15) is 0 Å². The quantitative estimate of drug-likeness (QED) is 0.588. The summed E-state index contributed by atoms with van der Waals surface area (Å²) in [5.41, 5.74) is 3.27. The summed E-state index contributed by atoms with van der Waals surface area (Å²) in [5, 5.41) is 4.59. The van der Waals surface area contributed by atoms with Crippen molar-refractivity contribution in [3.8, 4) is 0 Å². The Kier molecular flexibility index (Phi) is 3.27. The molecule has 0 saturated carbocycles. The first-order valence-electron chi connectivity index (χ1n) is 7.55. The highest BCUT2D eigenvalue weighted by Gasteiger charge is 2.16. The van der Waals surface area contributed by atoms with Gasteiger partial charge in [-0.1, -0.05) is 12.1 Å². The summed E-state index contributed by atoms with van der Waals surface area (Å²) in [4.78, 5) is 19.2. The number of fused-ring (bicyclic) bond motifs is 2. The monoisotopic (exact) mass is 323 g/mol. The molecule has 116 valence electrons. The molecule has 0 radical (unpaired) electrons. The van der Waals surface area contributed by atoms with Gasteiger partial charge in [-0.05, 0) is 38.5 Å². The molecule has 0 aliphatic heterocycles. The molecule has 4 rings (SSSR count). The van der Waals surface area contributed by atoms with Gasteiger partial charge < -0.3 is 10.3 Å². The van der Waals surface area contributed by atoms with Gasteiger partial charge in [0.15, 0.2) is 0 Å². The van der Waals surface area contributed by atoms with E-state index in [0.29, 0.717) is 0 Å². The molecule has 0 bridgehead atoms. The minimum Gasteiger partial charge on any atom is -0.360 e. The van der Waals surface area contributed by atoms with Crippen molar-refractivity contribution in [1.82, 2.24) is 19.9 Å². The number of hydrogen-bond acceptors (Lipinski definition) is 5. The fraction of sp³-hybridized carbons (Fsp3) is 0.235. The summed E-state index contributed by atoms with van der Waals surface area (Å²) in [6, 6.07) is 8.08. The number of H-pyrrole nitrogens is 1. The molecule has 0 aliphatic carbocycles. The lowest BCUT2D eigenvalue weighted by Crippen LogP contribution is -2.10. The molecule has 0 saturated heterocycles. The molecule has 0 fully saturated rings. The molecule has 5 nitrogen and oxygen atoms in total. The van der Waals surface area contributed by atoms with Crippen LogP contribution >= 0.6 is 11.3 Å². The van der Waals surface area contributed by atoms with Crippen molar-refractivity contribution < 1.29 is 0 Å². The number of hydrogen-bond donors (Lipinski definition) is 2. The number of anilines is 1. The second-order valence-electron chi connectivity index (χ2n) is 5.69. The fourth-order valence-corrected chi connectivity index (χ4v) is 3.74. The number of thiophene rings is 1. The molecule has 1 atom stereocenters. The van der Waals surface area contributed by atoms with Crippen molar-refractivity contribution >= 4 is 38.4 Å². The Labute approximate surface area is 137 Å². The Hall–Kier alpha value is -2.47. The Balaban J connectivity index is 1.72. The van der Waals surface area contributed by atoms with Gasteiger partial charge in [0.1, 0.15) is 22.8 Å². The molecule has 2 N–H and O–H groups in total. The van der Waals surface area contributed by atoms with Crippen molar-refractivity contribution in [2.75, 3.05) is 5.32 Å². The van der Waals surface area contributed by atoms with E-state index in [0.717, 1.165) is 32.9 Å². The number of benzene rings is 1. The van der Waals surface area contributed by atoms with E-state index in [1.165, 1.54) is 10.4 Å². The van der Waals surface area contributed by atoms with Crippen LogP contribution in [0.2, 0.25) is 0 Å². The van der Waals surface area contributed by atoms with E-state index in [9.17, 15) is 0 Å². The van der Waals surface area contributed by atoms with Crippen LogP contribution in [0.3, 0.4) is 0 Å². The SMILES string of the molecule is Cc1sc2ncnc(NC(C)c3nc4ccccc4[nH]3)c2c1C. The van der Waals surface area contributed by atoms with Crippen LogP contribution in [0.15, 0.2) is 30.6 Å². The number of aromatic amines is 1. The molecule has 0 spiro atoms. The molecule has 3 aromatic heterocycles. The maximum absolute atomic E-state index is 4.66. The molecule has 1 unspecified atom stereocenters. The minimum atomic E-state index is 0.0279. The van der Waals surface area contributed by atoms with E-state index in [-0.39, 0.29) is 6.04 Å². The normalized spacial score (nSPS) is 12.8. The highest BCUT2D eigenvalue weighted by molar-refractivity contribution is 7.18. The second kappa shape index (κ2) is 5.31. The van der Waals surface area contributed by atoms with Crippen molar-refractivity contribution in [2.45, 2.75) is 26.8 Å². The lowest BCUT2D eigenvalue weighted by atomic mass is 10.2. The van der Waals surface area contributed by atoms with Gasteiger partial charge >= 0.3 is 0 Å². The lowest BCUT2D eigenvalue weighted by Gasteiger charge is -2.13. The Morgan fingerprint density at radius 1 is 1.17 bits per heavy atom. The highest BCUT2D eigenvalue weighted by Crippen LogP contribution is 2.33. The van der Waals surface area contributed by atoms with E-state index in [1.807, 2.05) is 24.3 Å². The van der Waals surface area contributed by atoms with E-state index in [4.69, 9.17) is 0 Å². The first-order valence-corrected chi connectivity index (χ1v) is 8.37. The topological polar surface area (TPSA) is 66.5 Å². The van der Waals surface area contributed by atoms with Crippen LogP contribution in [0, 0.1) is 13.8 Å². The van der Waals surface area contributed by atoms with Crippen LogP contribution in [0.4, 0.5) is 5.82 Å². The first kappa shape index (κ1) is 14.1. The van der Waals surface area contributed by atoms with E-state index < -0.39 is 0 Å². The largest absolute Gasteiger partial charge is 0.360 e. The maximum Gasteiger partial charge on any atom is 0.139 e. The van der Waals surface area contributed by atoms with E-state index >= 15 is 0 Å². The predicted octanol–water partition coefficient (Wildman–Crippen LogP) is 4.36. The summed E-state index contributed by atoms with van der Waals surface area (Å²) < 4.78 is 0. The number of rotatable bonds is 3. The summed E-state index contributed by atoms with van der Waals surface area (Å²) in [6.45, 7) is 6.32. The maximum atomic E-state index is 4.66. The van der Waals surface area contributed by atoms with Gasteiger partial charge in [0.05, 0.1) is 22.5 Å². The number of nitrogens with one attached hydrogen (secondary N) is 2. The summed E-state index contributed by atoms with van der Waals surface area (Å²) in [7, 11) is 0. The van der Waals surface area contributed by atoms with Crippen LogP contribution in [-0.2, 0) is 0 Å². The van der Waals surface area contributed by atoms with Crippen molar-refractivity contribution in [2.24, 2.45) is 0 Å². The average molecular weight is 323 g/mol. The van der Waals surface area contributed by atoms with Crippen LogP contribution in [0.5, 0.6) is 0 Å². The third-order valence-corrected chi connectivity index (χ3v) is 5.25. The molecular formula is C17H17N5S. The fourth-order valence-electron chi connectivity index (χ4n) is 2.74. The molecule has 0 amide bonds. The zero-order valence-electron chi connectivity index (χ0n) is 13.2. The zero-order chi connectivity index (χ0) is 16.0. The molecular weight excluding hydrogens is 306 g/mol. The van der Waals surface area contributed by atoms with Gasteiger partial charge in [0, 0.05) is 4.88 Å². The van der Waals surface area contributed by atoms with Crippen molar-refractivity contribution in [3.05, 3.63) is 46.9 Å². The van der Waals surface area contributed by atoms with Crippen molar-refractivity contribution in [1.29, 1.82) is 0 Å². The smallest absolute Gasteiger partial charge is 0.139 e. The Morgan fingerprint density at radius 3 is 2.83 bits per heavy atom. The summed E-state index contributed by atoms with van der Waals surface area (Å²) >= 11 is 1.71. The Morgan fingerprint density at radius 2 is 2.00 bits per heavy atom. The van der Waals surface area contributed by atoms with Gasteiger partial charge in [-0.15, -0.1) is 11.3 Å². The van der Waals surface area contributed by atoms with Gasteiger partial charge in [0.25, 0.3) is 0 Å². The highest BCUT2D eigenvalue weighted by atomic mass is 32.1. The third-order valence-electron chi connectivity index (χ3n) is 4.14. The molecule has 4 aromatic rings. The molecule has 6 heteroatoms. The standard InChI is InChI=1S/C17H17N5S/c1-9-11(3)23-17-14(9)16(18-8-19-17)20-10(2)15-21-12-6-4-5-7-13(12)22-15/h4-8,10H,1-3H3,(H,21,22)(H,18,19,20). The first-order chi connectivity index (χ1) is 11.1. The summed E-state index contributed by atoms with van der Waals surface area (Å²) in [5.74, 6) is 1.77. The molecule has 23 heavy (non-hydrogen) atoms. The predicted molar refractivity (Wildman–Crippen MR) is 95.0 cm³/mol. The van der Waals surface area contributed by atoms with Crippen LogP contribution < -0.4 is 5.32 Å². The van der Waals surface area contributed by atoms with E-state index in [1.54, 1.807) is 17.7 Å². The average Bonchev–Trinajstić information content (AvgIpc) is 3.10. The van der Waals surface area contributed by atoms with Gasteiger partial charge in [0.2, 0.25) is 0 Å². The number of imidazole rings is 1. The van der Waals surface area contributed by atoms with Gasteiger partial charge in [-0.3, -0.25) is 0 Å². The van der Waals surface area contributed by atoms with Crippen LogP contribution in [0.1, 0.15) is 29.2 Å².